The number of hydrogen-bond acceptors (Lipinski definition) is 12. The Morgan fingerprint density at radius 1 is 0.333 bits per heavy atom. The van der Waals surface area contributed by atoms with Crippen LogP contribution in [-0.4, -0.2) is 111 Å². The van der Waals surface area contributed by atoms with Crippen molar-refractivity contribution >= 4 is 35.0 Å². The number of carbonyl (C=O) groups excluding carboxylic acids is 3. The Balaban J connectivity index is 0.000000495. The molecule has 12 heteroatoms. The summed E-state index contributed by atoms with van der Waals surface area (Å²) in [6.07, 6.45) is 17.3. The maximum Gasteiger partial charge on any atom is 0.338 e. The second-order valence-corrected chi connectivity index (χ2v) is 17.0. The second-order valence-electron chi connectivity index (χ2n) is 17.0. The van der Waals surface area contributed by atoms with Crippen LogP contribution in [0.25, 0.3) is 0 Å². The molecule has 66 heavy (non-hydrogen) atoms. The van der Waals surface area contributed by atoms with Crippen LogP contribution >= 0.6 is 0 Å². The summed E-state index contributed by atoms with van der Waals surface area (Å²) in [5.41, 5.74) is 20.4. The van der Waals surface area contributed by atoms with Crippen molar-refractivity contribution in [3.8, 4) is 0 Å². The molecule has 0 fully saturated rings. The summed E-state index contributed by atoms with van der Waals surface area (Å²) < 4.78 is 16.0. The van der Waals surface area contributed by atoms with E-state index in [-0.39, 0.29) is 17.9 Å². The molecule has 0 unspecified atom stereocenters. The predicted molar refractivity (Wildman–Crippen MR) is 276 cm³/mol. The summed E-state index contributed by atoms with van der Waals surface area (Å²) in [6, 6.07) is 20.5. The third-order valence-electron chi connectivity index (χ3n) is 11.0. The van der Waals surface area contributed by atoms with Crippen molar-refractivity contribution in [3.63, 3.8) is 0 Å². The summed E-state index contributed by atoms with van der Waals surface area (Å²) in [6.45, 7) is 24.5. The molecule has 6 N–H and O–H groups in total. The van der Waals surface area contributed by atoms with E-state index >= 15 is 0 Å². The van der Waals surface area contributed by atoms with Crippen molar-refractivity contribution in [1.29, 1.82) is 0 Å². The van der Waals surface area contributed by atoms with Gasteiger partial charge in [-0.2, -0.15) is 0 Å². The van der Waals surface area contributed by atoms with Gasteiger partial charge in [-0.15, -0.1) is 0 Å². The van der Waals surface area contributed by atoms with Gasteiger partial charge in [0.15, 0.2) is 0 Å². The fraction of sp³-hybridized carbons (Fsp3) is 0.611. The van der Waals surface area contributed by atoms with Gasteiger partial charge in [-0.3, -0.25) is 0 Å². The number of benzene rings is 3. The Morgan fingerprint density at radius 3 is 0.697 bits per heavy atom. The quantitative estimate of drug-likeness (QED) is 0.0229. The average molecular weight is 919 g/mol. The molecule has 0 saturated heterocycles. The van der Waals surface area contributed by atoms with E-state index in [1.807, 2.05) is 0 Å². The molecule has 0 amide bonds. The molecule has 0 bridgehead atoms. The van der Waals surface area contributed by atoms with Crippen molar-refractivity contribution in [3.05, 3.63) is 89.5 Å². The first kappa shape index (κ1) is 59.4. The van der Waals surface area contributed by atoms with Crippen molar-refractivity contribution in [2.75, 3.05) is 95.9 Å². The zero-order valence-electron chi connectivity index (χ0n) is 42.0. The monoisotopic (exact) mass is 919 g/mol. The smallest absolute Gasteiger partial charge is 0.338 e. The van der Waals surface area contributed by atoms with Gasteiger partial charge in [0.1, 0.15) is 0 Å². The first-order valence-electron chi connectivity index (χ1n) is 25.3. The second kappa shape index (κ2) is 39.5. The molecule has 0 radical (unpaired) electrons. The number of rotatable bonds is 33. The molecular formula is C54H90N6O6. The number of anilines is 3. The zero-order valence-corrected chi connectivity index (χ0v) is 42.0. The first-order valence-corrected chi connectivity index (χ1v) is 25.3. The largest absolute Gasteiger partial charge is 0.462 e. The van der Waals surface area contributed by atoms with Crippen LogP contribution < -0.4 is 17.2 Å². The highest BCUT2D eigenvalue weighted by molar-refractivity contribution is 5.90. The van der Waals surface area contributed by atoms with Crippen LogP contribution in [0.3, 0.4) is 0 Å². The lowest BCUT2D eigenvalue weighted by atomic mass is 10.2. The number of ether oxygens (including phenoxy) is 3. The third kappa shape index (κ3) is 29.8. The van der Waals surface area contributed by atoms with Gasteiger partial charge in [-0.25, -0.2) is 14.4 Å². The van der Waals surface area contributed by atoms with Crippen molar-refractivity contribution in [1.82, 2.24) is 14.7 Å². The summed E-state index contributed by atoms with van der Waals surface area (Å²) >= 11 is 0. The van der Waals surface area contributed by atoms with Gasteiger partial charge in [0.25, 0.3) is 0 Å². The topological polar surface area (TPSA) is 167 Å². The highest BCUT2D eigenvalue weighted by Gasteiger charge is 2.11. The van der Waals surface area contributed by atoms with Gasteiger partial charge in [-0.05, 0) is 170 Å². The molecule has 0 heterocycles. The van der Waals surface area contributed by atoms with Crippen LogP contribution in [0.2, 0.25) is 0 Å². The minimum atomic E-state index is -0.270. The Morgan fingerprint density at radius 2 is 0.515 bits per heavy atom. The van der Waals surface area contributed by atoms with E-state index in [2.05, 4.69) is 56.2 Å². The van der Waals surface area contributed by atoms with Gasteiger partial charge in [0.05, 0.1) is 36.5 Å². The third-order valence-corrected chi connectivity index (χ3v) is 11.0. The maximum atomic E-state index is 11.9. The molecule has 372 valence electrons. The van der Waals surface area contributed by atoms with E-state index in [4.69, 9.17) is 31.4 Å². The molecule has 0 saturated carbocycles. The van der Waals surface area contributed by atoms with Gasteiger partial charge in [0.2, 0.25) is 0 Å². The number of carbonyl (C=O) groups is 3. The lowest BCUT2D eigenvalue weighted by Crippen LogP contribution is -2.28. The maximum absolute atomic E-state index is 11.9. The molecular weight excluding hydrogens is 829 g/mol. The number of unbranched alkanes of at least 4 members (excludes halogenated alkanes) is 6. The summed E-state index contributed by atoms with van der Waals surface area (Å²) in [5.74, 6) is -0.809. The minimum Gasteiger partial charge on any atom is -0.462 e. The van der Waals surface area contributed by atoms with Crippen LogP contribution in [0.5, 0.6) is 0 Å². The number of nitrogen functional groups attached to an aromatic ring is 3. The zero-order chi connectivity index (χ0) is 48.6. The first-order chi connectivity index (χ1) is 32.0. The van der Waals surface area contributed by atoms with Crippen LogP contribution in [0.15, 0.2) is 72.8 Å². The van der Waals surface area contributed by atoms with Crippen molar-refractivity contribution in [2.24, 2.45) is 0 Å². The Kier molecular flexibility index (Phi) is 35.5. The van der Waals surface area contributed by atoms with Crippen LogP contribution in [0.4, 0.5) is 17.1 Å². The molecule has 0 aliphatic carbocycles. The standard InChI is InChI=1S/3C18H30N2O2/c3*1-3-5-12-20(13-6-4-2)14-7-15-22-18(21)16-8-10-17(19)11-9-16/h3*8-11H,3-7,12-15,19H2,1-2H3. The minimum absolute atomic E-state index is 0.270. The fourth-order valence-corrected chi connectivity index (χ4v) is 6.76. The molecule has 0 atom stereocenters. The van der Waals surface area contributed by atoms with Crippen molar-refractivity contribution in [2.45, 2.75) is 138 Å². The molecule has 12 nitrogen and oxygen atoms in total. The Bertz CT molecular complexity index is 1420. The van der Waals surface area contributed by atoms with E-state index < -0.39 is 0 Å². The molecule has 3 rings (SSSR count). The van der Waals surface area contributed by atoms with E-state index in [1.54, 1.807) is 72.8 Å². The van der Waals surface area contributed by atoms with Crippen LogP contribution in [0, 0.1) is 0 Å². The van der Waals surface area contributed by atoms with Gasteiger partial charge in [-0.1, -0.05) is 80.1 Å². The highest BCUT2D eigenvalue weighted by Crippen LogP contribution is 2.11. The summed E-state index contributed by atoms with van der Waals surface area (Å²) in [5, 5.41) is 0. The summed E-state index contributed by atoms with van der Waals surface area (Å²) in [4.78, 5) is 43.0. The average Bonchev–Trinajstić information content (AvgIpc) is 3.33. The van der Waals surface area contributed by atoms with Gasteiger partial charge in [0, 0.05) is 36.7 Å². The number of nitrogens with two attached hydrogens (primary N) is 3. The van der Waals surface area contributed by atoms with E-state index in [9.17, 15) is 14.4 Å². The fourth-order valence-electron chi connectivity index (χ4n) is 6.76. The number of hydrogen-bond donors (Lipinski definition) is 3. The normalized spacial score (nSPS) is 10.9. The van der Waals surface area contributed by atoms with E-state index in [0.717, 1.165) is 78.2 Å². The molecule has 0 aliphatic heterocycles. The molecule has 0 spiro atoms. The van der Waals surface area contributed by atoms with Crippen molar-refractivity contribution < 1.29 is 28.6 Å². The summed E-state index contributed by atoms with van der Waals surface area (Å²) in [7, 11) is 0. The number of nitrogens with zero attached hydrogens (tertiary/aromatic N) is 3. The molecule has 0 aromatic heterocycles. The molecule has 0 aliphatic rings. The Labute approximate surface area is 400 Å². The molecule has 3 aromatic carbocycles. The van der Waals surface area contributed by atoms with Gasteiger partial charge < -0.3 is 46.1 Å². The van der Waals surface area contributed by atoms with Crippen LogP contribution in [-0.2, 0) is 14.2 Å². The number of esters is 3. The van der Waals surface area contributed by atoms with E-state index in [1.165, 1.54) is 77.0 Å². The van der Waals surface area contributed by atoms with Crippen LogP contribution in [0.1, 0.15) is 169 Å². The van der Waals surface area contributed by atoms with E-state index in [0.29, 0.717) is 53.6 Å². The lowest BCUT2D eigenvalue weighted by molar-refractivity contribution is 0.0478. The SMILES string of the molecule is CCCCN(CCCC)CCCOC(=O)c1ccc(N)cc1.CCCCN(CCCC)CCCOC(=O)c1ccc(N)cc1.CCCCN(CCCC)CCCOC(=O)c1ccc(N)cc1. The predicted octanol–water partition coefficient (Wildman–Crippen LogP) is 11.2. The lowest BCUT2D eigenvalue weighted by Gasteiger charge is -2.21. The van der Waals surface area contributed by atoms with Gasteiger partial charge >= 0.3 is 17.9 Å². The highest BCUT2D eigenvalue weighted by atomic mass is 16.5. The molecule has 3 aromatic rings. The Hall–Kier alpha value is -4.65.